The lowest BCUT2D eigenvalue weighted by Crippen LogP contribution is -2.39. The van der Waals surface area contributed by atoms with E-state index in [4.69, 9.17) is 9.47 Å². The number of hydrogen-bond donors (Lipinski definition) is 2. The van der Waals surface area contributed by atoms with E-state index in [2.05, 4.69) is 23.2 Å². The Bertz CT molecular complexity index is 794. The van der Waals surface area contributed by atoms with Crippen LogP contribution in [0.25, 0.3) is 0 Å². The Morgan fingerprint density at radius 1 is 1.28 bits per heavy atom. The van der Waals surface area contributed by atoms with Crippen LogP contribution < -0.4 is 15.0 Å². The van der Waals surface area contributed by atoms with Gasteiger partial charge in [0.1, 0.15) is 11.9 Å². The number of fused-ring (bicyclic) bond motifs is 1. The summed E-state index contributed by atoms with van der Waals surface area (Å²) in [5, 5.41) is 12.6. The smallest absolute Gasteiger partial charge is 0.333 e. The zero-order valence-corrected chi connectivity index (χ0v) is 17.1. The van der Waals surface area contributed by atoms with Crippen LogP contribution >= 0.6 is 0 Å². The van der Waals surface area contributed by atoms with Gasteiger partial charge in [-0.15, -0.1) is 0 Å². The quantitative estimate of drug-likeness (QED) is 0.593. The van der Waals surface area contributed by atoms with E-state index in [9.17, 15) is 9.90 Å². The standard InChI is InChI=1S/C23H30N2O4/c1-3-28-22(23(26)27)15-18-9-11-19(12-10-18)24-13-6-14-25-16-17(2)29-21-8-5-4-7-20(21)25/h4-5,7-12,17,22,24H,3,6,13-16H2,1-2H3,(H,26,27)/t17?,22-/m0/s1. The third-order valence-electron chi connectivity index (χ3n) is 4.96. The predicted molar refractivity (Wildman–Crippen MR) is 115 cm³/mol. The van der Waals surface area contributed by atoms with Crippen molar-refractivity contribution in [2.24, 2.45) is 0 Å². The van der Waals surface area contributed by atoms with Crippen LogP contribution in [0.15, 0.2) is 48.5 Å². The van der Waals surface area contributed by atoms with Gasteiger partial charge in [-0.05, 0) is 50.1 Å². The minimum atomic E-state index is -0.923. The molecular weight excluding hydrogens is 368 g/mol. The maximum atomic E-state index is 11.2. The highest BCUT2D eigenvalue weighted by molar-refractivity contribution is 5.72. The van der Waals surface area contributed by atoms with Gasteiger partial charge in [0.25, 0.3) is 0 Å². The van der Waals surface area contributed by atoms with Crippen LogP contribution in [-0.4, -0.2) is 49.5 Å². The second-order valence-electron chi connectivity index (χ2n) is 7.31. The summed E-state index contributed by atoms with van der Waals surface area (Å²) in [5.41, 5.74) is 3.15. The molecule has 0 amide bonds. The first-order valence-electron chi connectivity index (χ1n) is 10.2. The van der Waals surface area contributed by atoms with Crippen LogP contribution in [0.2, 0.25) is 0 Å². The normalized spacial score (nSPS) is 16.6. The summed E-state index contributed by atoms with van der Waals surface area (Å²) >= 11 is 0. The van der Waals surface area contributed by atoms with E-state index in [1.165, 1.54) is 0 Å². The molecule has 2 N–H and O–H groups in total. The van der Waals surface area contributed by atoms with Gasteiger partial charge in [-0.1, -0.05) is 24.3 Å². The first kappa shape index (κ1) is 21.0. The van der Waals surface area contributed by atoms with E-state index in [0.29, 0.717) is 13.0 Å². The zero-order valence-electron chi connectivity index (χ0n) is 17.1. The Labute approximate surface area is 172 Å². The van der Waals surface area contributed by atoms with Gasteiger partial charge in [-0.3, -0.25) is 0 Å². The maximum Gasteiger partial charge on any atom is 0.333 e. The number of aliphatic carboxylic acids is 1. The Hall–Kier alpha value is -2.73. The van der Waals surface area contributed by atoms with Crippen molar-refractivity contribution < 1.29 is 19.4 Å². The molecule has 0 fully saturated rings. The number of hydrogen-bond acceptors (Lipinski definition) is 5. The van der Waals surface area contributed by atoms with Crippen molar-refractivity contribution in [3.05, 3.63) is 54.1 Å². The van der Waals surface area contributed by atoms with E-state index in [1.54, 1.807) is 6.92 Å². The Morgan fingerprint density at radius 2 is 2.03 bits per heavy atom. The third kappa shape index (κ3) is 5.87. The molecule has 0 aromatic heterocycles. The molecule has 6 heteroatoms. The van der Waals surface area contributed by atoms with Crippen molar-refractivity contribution in [2.45, 2.75) is 38.9 Å². The van der Waals surface area contributed by atoms with Crippen molar-refractivity contribution >= 4 is 17.3 Å². The van der Waals surface area contributed by atoms with Crippen molar-refractivity contribution in [3.8, 4) is 5.75 Å². The van der Waals surface area contributed by atoms with Crippen molar-refractivity contribution in [2.75, 3.05) is 36.5 Å². The molecule has 1 aliphatic heterocycles. The molecule has 2 atom stereocenters. The molecule has 1 heterocycles. The maximum absolute atomic E-state index is 11.2. The van der Waals surface area contributed by atoms with Crippen LogP contribution in [0, 0.1) is 0 Å². The number of ether oxygens (including phenoxy) is 2. The number of carboxylic acids is 1. The molecule has 0 saturated carbocycles. The molecule has 0 spiro atoms. The molecule has 0 saturated heterocycles. The fraction of sp³-hybridized carbons (Fsp3) is 0.435. The number of benzene rings is 2. The summed E-state index contributed by atoms with van der Waals surface area (Å²) in [4.78, 5) is 13.6. The number of nitrogens with one attached hydrogen (secondary N) is 1. The fourth-order valence-corrected chi connectivity index (χ4v) is 3.59. The molecule has 3 rings (SSSR count). The minimum absolute atomic E-state index is 0.191. The van der Waals surface area contributed by atoms with Crippen LogP contribution in [0.5, 0.6) is 5.75 Å². The molecule has 2 aromatic carbocycles. The monoisotopic (exact) mass is 398 g/mol. The summed E-state index contributed by atoms with van der Waals surface area (Å²) in [5.74, 6) is 0.0366. The molecule has 1 aliphatic rings. The van der Waals surface area contributed by atoms with Gasteiger partial charge < -0.3 is 24.8 Å². The highest BCUT2D eigenvalue weighted by atomic mass is 16.5. The van der Waals surface area contributed by atoms with Crippen molar-refractivity contribution in [1.82, 2.24) is 0 Å². The lowest BCUT2D eigenvalue weighted by Gasteiger charge is -2.35. The van der Waals surface area contributed by atoms with Gasteiger partial charge in [-0.2, -0.15) is 0 Å². The molecule has 156 valence electrons. The predicted octanol–water partition coefficient (Wildman–Crippen LogP) is 3.81. The van der Waals surface area contributed by atoms with E-state index in [1.807, 2.05) is 42.5 Å². The molecule has 29 heavy (non-hydrogen) atoms. The Balaban J connectivity index is 1.46. The topological polar surface area (TPSA) is 71.0 Å². The summed E-state index contributed by atoms with van der Waals surface area (Å²) in [6, 6.07) is 16.1. The summed E-state index contributed by atoms with van der Waals surface area (Å²) < 4.78 is 11.2. The van der Waals surface area contributed by atoms with Crippen molar-refractivity contribution in [3.63, 3.8) is 0 Å². The van der Waals surface area contributed by atoms with Gasteiger partial charge in [-0.25, -0.2) is 4.79 Å². The number of anilines is 2. The number of nitrogens with zero attached hydrogens (tertiary/aromatic N) is 1. The van der Waals surface area contributed by atoms with Crippen LogP contribution in [0.4, 0.5) is 11.4 Å². The third-order valence-corrected chi connectivity index (χ3v) is 4.96. The van der Waals surface area contributed by atoms with Gasteiger partial charge in [0, 0.05) is 31.8 Å². The number of para-hydroxylation sites is 2. The number of carboxylic acid groups (broad SMARTS) is 1. The lowest BCUT2D eigenvalue weighted by atomic mass is 10.1. The van der Waals surface area contributed by atoms with Crippen LogP contribution in [0.1, 0.15) is 25.8 Å². The first-order chi connectivity index (χ1) is 14.1. The molecule has 2 aromatic rings. The van der Waals surface area contributed by atoms with Crippen molar-refractivity contribution in [1.29, 1.82) is 0 Å². The summed E-state index contributed by atoms with van der Waals surface area (Å²) in [6.45, 7) is 7.02. The summed E-state index contributed by atoms with van der Waals surface area (Å²) in [7, 11) is 0. The minimum Gasteiger partial charge on any atom is -0.487 e. The van der Waals surface area contributed by atoms with E-state index < -0.39 is 12.1 Å². The molecule has 6 nitrogen and oxygen atoms in total. The van der Waals surface area contributed by atoms with E-state index in [0.717, 1.165) is 48.7 Å². The average Bonchev–Trinajstić information content (AvgIpc) is 2.71. The average molecular weight is 399 g/mol. The molecule has 0 radical (unpaired) electrons. The Kier molecular flexibility index (Phi) is 7.36. The van der Waals surface area contributed by atoms with Crippen LogP contribution in [-0.2, 0) is 16.0 Å². The lowest BCUT2D eigenvalue weighted by molar-refractivity contribution is -0.149. The van der Waals surface area contributed by atoms with E-state index in [-0.39, 0.29) is 6.10 Å². The number of carbonyl (C=O) groups is 1. The largest absolute Gasteiger partial charge is 0.487 e. The van der Waals surface area contributed by atoms with E-state index >= 15 is 0 Å². The molecule has 1 unspecified atom stereocenters. The number of rotatable bonds is 10. The van der Waals surface area contributed by atoms with Crippen LogP contribution in [0.3, 0.4) is 0 Å². The summed E-state index contributed by atoms with van der Waals surface area (Å²) in [6.07, 6.45) is 0.779. The highest BCUT2D eigenvalue weighted by Crippen LogP contribution is 2.32. The molecular formula is C23H30N2O4. The first-order valence-corrected chi connectivity index (χ1v) is 10.2. The van der Waals surface area contributed by atoms with Gasteiger partial charge in [0.05, 0.1) is 12.2 Å². The zero-order chi connectivity index (χ0) is 20.6. The van der Waals surface area contributed by atoms with Gasteiger partial charge >= 0.3 is 5.97 Å². The molecule has 0 aliphatic carbocycles. The second kappa shape index (κ2) is 10.2. The van der Waals surface area contributed by atoms with Gasteiger partial charge in [0.15, 0.2) is 6.10 Å². The fourth-order valence-electron chi connectivity index (χ4n) is 3.59. The highest BCUT2D eigenvalue weighted by Gasteiger charge is 2.21. The second-order valence-corrected chi connectivity index (χ2v) is 7.31. The molecule has 0 bridgehead atoms. The SMILES string of the molecule is CCO[C@@H](Cc1ccc(NCCCN2CC(C)Oc3ccccc32)cc1)C(=O)O. The van der Waals surface area contributed by atoms with Gasteiger partial charge in [0.2, 0.25) is 0 Å². The Morgan fingerprint density at radius 3 is 2.76 bits per heavy atom.